The van der Waals surface area contributed by atoms with E-state index in [-0.39, 0.29) is 11.8 Å². The van der Waals surface area contributed by atoms with Gasteiger partial charge in [-0.1, -0.05) is 31.9 Å². The minimum atomic E-state index is -0.922. The highest BCUT2D eigenvalue weighted by atomic mass is 32.2. The molecule has 0 aromatic heterocycles. The molecule has 1 saturated carbocycles. The van der Waals surface area contributed by atoms with Gasteiger partial charge < -0.3 is 15.4 Å². The van der Waals surface area contributed by atoms with Gasteiger partial charge in [0.2, 0.25) is 0 Å². The van der Waals surface area contributed by atoms with Gasteiger partial charge >= 0.3 is 12.0 Å². The van der Waals surface area contributed by atoms with E-state index in [1.165, 1.54) is 11.8 Å². The Morgan fingerprint density at radius 1 is 1.31 bits per heavy atom. The SMILES string of the molecule is CSc1ccccc1NC(=O)COC(=O)CN1C(=O)N[C@]2(CCCC[C@@H]2C)C1=O. The number of hydrogen-bond acceptors (Lipinski definition) is 6. The lowest BCUT2D eigenvalue weighted by Crippen LogP contribution is -2.54. The topological polar surface area (TPSA) is 105 Å². The third kappa shape index (κ3) is 4.39. The van der Waals surface area contributed by atoms with Gasteiger partial charge in [-0.3, -0.25) is 19.3 Å². The lowest BCUT2D eigenvalue weighted by molar-refractivity contribution is -0.150. The molecule has 156 valence electrons. The van der Waals surface area contributed by atoms with E-state index in [4.69, 9.17) is 4.74 Å². The number of nitrogens with one attached hydrogen (secondary N) is 2. The second-order valence-corrected chi connectivity index (χ2v) is 8.20. The maximum absolute atomic E-state index is 12.8. The highest BCUT2D eigenvalue weighted by molar-refractivity contribution is 7.98. The summed E-state index contributed by atoms with van der Waals surface area (Å²) in [6.45, 7) is 0.941. The Bertz CT molecular complexity index is 830. The van der Waals surface area contributed by atoms with Gasteiger partial charge in [0.1, 0.15) is 12.1 Å². The molecule has 2 fully saturated rings. The Labute approximate surface area is 173 Å². The Morgan fingerprint density at radius 3 is 2.79 bits per heavy atom. The number of urea groups is 1. The number of ether oxygens (including phenoxy) is 1. The van der Waals surface area contributed by atoms with E-state index in [9.17, 15) is 19.2 Å². The third-order valence-electron chi connectivity index (χ3n) is 5.53. The molecule has 1 aliphatic carbocycles. The number of thioether (sulfide) groups is 1. The molecule has 9 heteroatoms. The van der Waals surface area contributed by atoms with Crippen LogP contribution >= 0.6 is 11.8 Å². The highest BCUT2D eigenvalue weighted by Crippen LogP contribution is 2.38. The standard InChI is InChI=1S/C20H25N3O5S/c1-13-7-5-6-10-20(13)18(26)23(19(27)22-20)11-17(25)28-12-16(24)21-14-8-3-4-9-15(14)29-2/h3-4,8-9,13H,5-7,10-12H2,1-2H3,(H,21,24)(H,22,27)/t13-,20-/m0/s1. The van der Waals surface area contributed by atoms with E-state index >= 15 is 0 Å². The van der Waals surface area contributed by atoms with Crippen LogP contribution in [-0.2, 0) is 19.1 Å². The van der Waals surface area contributed by atoms with Crippen molar-refractivity contribution in [1.29, 1.82) is 0 Å². The number of rotatable bonds is 6. The summed E-state index contributed by atoms with van der Waals surface area (Å²) in [5.41, 5.74) is -0.294. The largest absolute Gasteiger partial charge is 0.454 e. The van der Waals surface area contributed by atoms with E-state index in [1.54, 1.807) is 12.1 Å². The van der Waals surface area contributed by atoms with Crippen LogP contribution in [0.4, 0.5) is 10.5 Å². The number of hydrogen-bond donors (Lipinski definition) is 2. The number of anilines is 1. The number of carbonyl (C=O) groups is 4. The average Bonchev–Trinajstić information content (AvgIpc) is 2.94. The maximum atomic E-state index is 12.8. The molecule has 8 nitrogen and oxygen atoms in total. The van der Waals surface area contributed by atoms with Crippen LogP contribution in [0.2, 0.25) is 0 Å². The number of nitrogens with zero attached hydrogens (tertiary/aromatic N) is 1. The molecular weight excluding hydrogens is 394 g/mol. The van der Waals surface area contributed by atoms with Crippen LogP contribution in [0.25, 0.3) is 0 Å². The Hall–Kier alpha value is -2.55. The van der Waals surface area contributed by atoms with Gasteiger partial charge in [-0.25, -0.2) is 4.79 Å². The van der Waals surface area contributed by atoms with Gasteiger partial charge in [0, 0.05) is 4.90 Å². The van der Waals surface area contributed by atoms with Crippen molar-refractivity contribution in [1.82, 2.24) is 10.2 Å². The smallest absolute Gasteiger partial charge is 0.326 e. The Morgan fingerprint density at radius 2 is 2.07 bits per heavy atom. The lowest BCUT2D eigenvalue weighted by atomic mass is 9.73. The summed E-state index contributed by atoms with van der Waals surface area (Å²) in [7, 11) is 0. The zero-order chi connectivity index (χ0) is 21.0. The summed E-state index contributed by atoms with van der Waals surface area (Å²) in [5, 5.41) is 5.47. The van der Waals surface area contributed by atoms with Gasteiger partial charge in [0.25, 0.3) is 11.8 Å². The number of carbonyl (C=O) groups excluding carboxylic acids is 4. The van der Waals surface area contributed by atoms with Crippen LogP contribution in [0.1, 0.15) is 32.6 Å². The summed E-state index contributed by atoms with van der Waals surface area (Å²) in [4.78, 5) is 51.1. The fourth-order valence-electron chi connectivity index (χ4n) is 3.89. The number of imide groups is 1. The van der Waals surface area contributed by atoms with Crippen molar-refractivity contribution < 1.29 is 23.9 Å². The molecule has 1 spiro atoms. The van der Waals surface area contributed by atoms with Crippen molar-refractivity contribution in [3.63, 3.8) is 0 Å². The fourth-order valence-corrected chi connectivity index (χ4v) is 4.45. The second-order valence-electron chi connectivity index (χ2n) is 7.35. The number of amides is 4. The second kappa shape index (κ2) is 8.86. The molecule has 1 aliphatic heterocycles. The molecule has 1 aromatic rings. The van der Waals surface area contributed by atoms with E-state index in [1.807, 2.05) is 25.3 Å². The Balaban J connectivity index is 1.53. The van der Waals surface area contributed by atoms with Gasteiger partial charge in [0.05, 0.1) is 5.69 Å². The van der Waals surface area contributed by atoms with Crippen LogP contribution in [0.3, 0.4) is 0 Å². The average molecular weight is 420 g/mol. The fraction of sp³-hybridized carbons (Fsp3) is 0.500. The van der Waals surface area contributed by atoms with Crippen molar-refractivity contribution >= 4 is 41.3 Å². The summed E-state index contributed by atoms with van der Waals surface area (Å²) < 4.78 is 4.98. The zero-order valence-electron chi connectivity index (χ0n) is 16.5. The zero-order valence-corrected chi connectivity index (χ0v) is 17.3. The first-order valence-electron chi connectivity index (χ1n) is 9.60. The van der Waals surface area contributed by atoms with Crippen LogP contribution in [0.5, 0.6) is 0 Å². The quantitative estimate of drug-likeness (QED) is 0.417. The molecule has 2 N–H and O–H groups in total. The third-order valence-corrected chi connectivity index (χ3v) is 6.33. The van der Waals surface area contributed by atoms with Crippen molar-refractivity contribution in [2.75, 3.05) is 24.7 Å². The van der Waals surface area contributed by atoms with Gasteiger partial charge in [-0.2, -0.15) is 0 Å². The van der Waals surface area contributed by atoms with Crippen LogP contribution < -0.4 is 10.6 Å². The van der Waals surface area contributed by atoms with Gasteiger partial charge in [0.15, 0.2) is 6.61 Å². The highest BCUT2D eigenvalue weighted by Gasteiger charge is 2.55. The molecule has 0 unspecified atom stereocenters. The summed E-state index contributed by atoms with van der Waals surface area (Å²) in [6, 6.07) is 6.69. The molecule has 0 radical (unpaired) electrons. The van der Waals surface area contributed by atoms with Crippen LogP contribution in [0.15, 0.2) is 29.2 Å². The molecular formula is C20H25N3O5S. The summed E-state index contributed by atoms with van der Waals surface area (Å²) >= 11 is 1.48. The van der Waals surface area contributed by atoms with E-state index in [2.05, 4.69) is 10.6 Å². The first kappa shape index (κ1) is 21.2. The summed E-state index contributed by atoms with van der Waals surface area (Å²) in [6.07, 6.45) is 5.18. The monoisotopic (exact) mass is 419 g/mol. The van der Waals surface area contributed by atoms with Crippen molar-refractivity contribution in [2.24, 2.45) is 5.92 Å². The van der Waals surface area contributed by atoms with Gasteiger partial charge in [-0.05, 0) is 37.1 Å². The molecule has 3 rings (SSSR count). The molecule has 1 saturated heterocycles. The lowest BCUT2D eigenvalue weighted by Gasteiger charge is -2.36. The number of benzene rings is 1. The van der Waals surface area contributed by atoms with Crippen molar-refractivity contribution in [3.05, 3.63) is 24.3 Å². The molecule has 2 atom stereocenters. The maximum Gasteiger partial charge on any atom is 0.326 e. The molecule has 0 bridgehead atoms. The number of esters is 1. The molecule has 1 aromatic carbocycles. The molecule has 2 aliphatic rings. The molecule has 29 heavy (non-hydrogen) atoms. The normalized spacial score (nSPS) is 23.8. The molecule has 1 heterocycles. The first-order chi connectivity index (χ1) is 13.9. The van der Waals surface area contributed by atoms with E-state index in [0.29, 0.717) is 12.1 Å². The van der Waals surface area contributed by atoms with Crippen LogP contribution in [-0.4, -0.2) is 53.7 Å². The minimum Gasteiger partial charge on any atom is -0.454 e. The Kier molecular flexibility index (Phi) is 6.46. The molecule has 4 amide bonds. The van der Waals surface area contributed by atoms with Crippen LogP contribution in [0, 0.1) is 5.92 Å². The minimum absolute atomic E-state index is 0.0102. The van der Waals surface area contributed by atoms with Crippen molar-refractivity contribution in [2.45, 2.75) is 43.0 Å². The van der Waals surface area contributed by atoms with Gasteiger partial charge in [-0.15, -0.1) is 11.8 Å². The van der Waals surface area contributed by atoms with E-state index in [0.717, 1.165) is 29.1 Å². The van der Waals surface area contributed by atoms with Crippen molar-refractivity contribution in [3.8, 4) is 0 Å². The number of para-hydroxylation sites is 1. The summed E-state index contributed by atoms with van der Waals surface area (Å²) in [5.74, 6) is -1.67. The first-order valence-corrected chi connectivity index (χ1v) is 10.8. The van der Waals surface area contributed by atoms with E-state index < -0.39 is 36.6 Å². The predicted octanol–water partition coefficient (Wildman–Crippen LogP) is 2.39. The predicted molar refractivity (Wildman–Crippen MR) is 108 cm³/mol.